The van der Waals surface area contributed by atoms with Gasteiger partial charge in [-0.25, -0.2) is 4.98 Å². The van der Waals surface area contributed by atoms with E-state index in [9.17, 15) is 4.79 Å². The number of H-pyrrole nitrogens is 1. The van der Waals surface area contributed by atoms with Crippen LogP contribution in [0.1, 0.15) is 43.6 Å². The Labute approximate surface area is 126 Å². The van der Waals surface area contributed by atoms with E-state index < -0.39 is 0 Å². The minimum Gasteiger partial charge on any atom is -0.385 e. The molecule has 1 aromatic heterocycles. The van der Waals surface area contributed by atoms with Gasteiger partial charge in [0.25, 0.3) is 5.91 Å². The molecule has 0 saturated heterocycles. The van der Waals surface area contributed by atoms with Gasteiger partial charge in [-0.1, -0.05) is 20.8 Å². The van der Waals surface area contributed by atoms with E-state index >= 15 is 0 Å². The van der Waals surface area contributed by atoms with Crippen LogP contribution in [-0.4, -0.2) is 66.5 Å². The molecule has 0 spiro atoms. The van der Waals surface area contributed by atoms with Crippen LogP contribution in [0.25, 0.3) is 0 Å². The van der Waals surface area contributed by atoms with Gasteiger partial charge < -0.3 is 14.4 Å². The van der Waals surface area contributed by atoms with Gasteiger partial charge in [0.15, 0.2) is 0 Å². The SMILES string of the molecule is COCCCN(CCOC)C(=O)c1n[nH]c(C(C)(C)C)n1. The Hall–Kier alpha value is -1.47. The summed E-state index contributed by atoms with van der Waals surface area (Å²) in [5.74, 6) is 0.720. The molecule has 0 atom stereocenters. The Morgan fingerprint density at radius 2 is 1.86 bits per heavy atom. The first-order chi connectivity index (χ1) is 9.90. The zero-order chi connectivity index (χ0) is 15.9. The lowest BCUT2D eigenvalue weighted by molar-refractivity contribution is 0.0662. The number of rotatable bonds is 8. The second-order valence-corrected chi connectivity index (χ2v) is 5.89. The van der Waals surface area contributed by atoms with Crippen LogP contribution in [0.4, 0.5) is 0 Å². The van der Waals surface area contributed by atoms with Gasteiger partial charge in [0, 0.05) is 39.3 Å². The molecular weight excluding hydrogens is 272 g/mol. The van der Waals surface area contributed by atoms with E-state index in [1.807, 2.05) is 20.8 Å². The molecule has 120 valence electrons. The van der Waals surface area contributed by atoms with Crippen LogP contribution in [0, 0.1) is 0 Å². The van der Waals surface area contributed by atoms with E-state index in [2.05, 4.69) is 15.2 Å². The van der Waals surface area contributed by atoms with Gasteiger partial charge in [-0.05, 0) is 6.42 Å². The number of methoxy groups -OCH3 is 2. The third-order valence-corrected chi connectivity index (χ3v) is 3.02. The van der Waals surface area contributed by atoms with Crippen molar-refractivity contribution in [2.45, 2.75) is 32.6 Å². The first kappa shape index (κ1) is 17.6. The van der Waals surface area contributed by atoms with Crippen molar-refractivity contribution in [3.05, 3.63) is 11.6 Å². The molecule has 0 unspecified atom stereocenters. The highest BCUT2D eigenvalue weighted by Crippen LogP contribution is 2.17. The average Bonchev–Trinajstić information content (AvgIpc) is 2.91. The maximum Gasteiger partial charge on any atom is 0.293 e. The molecule has 1 aromatic rings. The number of nitrogens with zero attached hydrogens (tertiary/aromatic N) is 3. The number of hydrogen-bond donors (Lipinski definition) is 1. The molecular formula is C14H26N4O3. The van der Waals surface area contributed by atoms with Crippen molar-refractivity contribution in [3.63, 3.8) is 0 Å². The van der Waals surface area contributed by atoms with Crippen LogP contribution < -0.4 is 0 Å². The summed E-state index contributed by atoms with van der Waals surface area (Å²) >= 11 is 0. The molecule has 1 rings (SSSR count). The Morgan fingerprint density at radius 1 is 1.19 bits per heavy atom. The minimum absolute atomic E-state index is 0.168. The van der Waals surface area contributed by atoms with Gasteiger partial charge >= 0.3 is 0 Å². The fraction of sp³-hybridized carbons (Fsp3) is 0.786. The molecule has 0 fully saturated rings. The second kappa shape index (κ2) is 8.09. The van der Waals surface area contributed by atoms with E-state index in [-0.39, 0.29) is 17.1 Å². The Kier molecular flexibility index (Phi) is 6.77. The third kappa shape index (κ3) is 5.43. The predicted octanol–water partition coefficient (Wildman–Crippen LogP) is 1.23. The molecule has 1 amide bonds. The quantitative estimate of drug-likeness (QED) is 0.730. The summed E-state index contributed by atoms with van der Waals surface area (Å²) in [4.78, 5) is 18.5. The number of aromatic amines is 1. The van der Waals surface area contributed by atoms with Crippen molar-refractivity contribution in [1.29, 1.82) is 0 Å². The highest BCUT2D eigenvalue weighted by molar-refractivity contribution is 5.90. The molecule has 0 aromatic carbocycles. The van der Waals surface area contributed by atoms with Crippen LogP contribution in [0.5, 0.6) is 0 Å². The Balaban J connectivity index is 2.76. The van der Waals surface area contributed by atoms with Crippen LogP contribution in [0.2, 0.25) is 0 Å². The summed E-state index contributed by atoms with van der Waals surface area (Å²) in [5, 5.41) is 6.88. The number of ether oxygens (including phenoxy) is 2. The smallest absolute Gasteiger partial charge is 0.293 e. The summed E-state index contributed by atoms with van der Waals surface area (Å²) in [6, 6.07) is 0. The zero-order valence-electron chi connectivity index (χ0n) is 13.6. The summed E-state index contributed by atoms with van der Waals surface area (Å²) in [7, 11) is 3.26. The molecule has 0 bridgehead atoms. The highest BCUT2D eigenvalue weighted by Gasteiger charge is 2.24. The van der Waals surface area contributed by atoms with Gasteiger partial charge in [-0.3, -0.25) is 9.89 Å². The molecule has 0 aliphatic rings. The van der Waals surface area contributed by atoms with Crippen LogP contribution in [-0.2, 0) is 14.9 Å². The topological polar surface area (TPSA) is 80.3 Å². The lowest BCUT2D eigenvalue weighted by Crippen LogP contribution is -2.36. The largest absolute Gasteiger partial charge is 0.385 e. The molecule has 7 nitrogen and oxygen atoms in total. The molecule has 1 heterocycles. The van der Waals surface area contributed by atoms with Gasteiger partial charge in [0.05, 0.1) is 6.61 Å². The number of hydrogen-bond acceptors (Lipinski definition) is 5. The predicted molar refractivity (Wildman–Crippen MR) is 79.4 cm³/mol. The third-order valence-electron chi connectivity index (χ3n) is 3.02. The van der Waals surface area contributed by atoms with E-state index in [0.29, 0.717) is 32.1 Å². The fourth-order valence-electron chi connectivity index (χ4n) is 1.75. The van der Waals surface area contributed by atoms with E-state index in [1.165, 1.54) is 0 Å². The molecule has 21 heavy (non-hydrogen) atoms. The van der Waals surface area contributed by atoms with Crippen molar-refractivity contribution < 1.29 is 14.3 Å². The van der Waals surface area contributed by atoms with Crippen LogP contribution >= 0.6 is 0 Å². The molecule has 1 N–H and O–H groups in total. The fourth-order valence-corrected chi connectivity index (χ4v) is 1.75. The van der Waals surface area contributed by atoms with Gasteiger partial charge in [-0.15, -0.1) is 5.10 Å². The van der Waals surface area contributed by atoms with Gasteiger partial charge in [-0.2, -0.15) is 0 Å². The number of aromatic nitrogens is 3. The summed E-state index contributed by atoms with van der Waals surface area (Å²) in [5.41, 5.74) is -0.168. The maximum atomic E-state index is 12.5. The molecule has 7 heteroatoms. The van der Waals surface area contributed by atoms with Crippen molar-refractivity contribution in [3.8, 4) is 0 Å². The van der Waals surface area contributed by atoms with Crippen molar-refractivity contribution in [2.75, 3.05) is 40.5 Å². The Bertz CT molecular complexity index is 440. The van der Waals surface area contributed by atoms with Crippen LogP contribution in [0.3, 0.4) is 0 Å². The van der Waals surface area contributed by atoms with E-state index in [0.717, 1.165) is 6.42 Å². The summed E-state index contributed by atoms with van der Waals surface area (Å²) in [6.45, 7) is 8.25. The zero-order valence-corrected chi connectivity index (χ0v) is 13.6. The summed E-state index contributed by atoms with van der Waals surface area (Å²) < 4.78 is 10.1. The van der Waals surface area contributed by atoms with Crippen molar-refractivity contribution >= 4 is 5.91 Å². The maximum absolute atomic E-state index is 12.5. The molecule has 0 aliphatic heterocycles. The lowest BCUT2D eigenvalue weighted by atomic mass is 9.96. The van der Waals surface area contributed by atoms with Gasteiger partial charge in [0.2, 0.25) is 5.82 Å². The summed E-state index contributed by atoms with van der Waals surface area (Å²) in [6.07, 6.45) is 0.766. The molecule has 0 aliphatic carbocycles. The van der Waals surface area contributed by atoms with E-state index in [1.54, 1.807) is 19.1 Å². The number of carbonyl (C=O) groups is 1. The molecule has 0 saturated carbocycles. The lowest BCUT2D eigenvalue weighted by Gasteiger charge is -2.20. The monoisotopic (exact) mass is 298 g/mol. The highest BCUT2D eigenvalue weighted by atomic mass is 16.5. The van der Waals surface area contributed by atoms with Crippen molar-refractivity contribution in [2.24, 2.45) is 0 Å². The standard InChI is InChI=1S/C14H26N4O3/c1-14(2,3)13-15-11(16-17-13)12(19)18(8-10-21-5)7-6-9-20-4/h6-10H2,1-5H3,(H,15,16,17). The van der Waals surface area contributed by atoms with Crippen LogP contribution in [0.15, 0.2) is 0 Å². The second-order valence-electron chi connectivity index (χ2n) is 5.89. The van der Waals surface area contributed by atoms with E-state index in [4.69, 9.17) is 9.47 Å². The first-order valence-electron chi connectivity index (χ1n) is 7.10. The minimum atomic E-state index is -0.185. The molecule has 0 radical (unpaired) electrons. The van der Waals surface area contributed by atoms with Crippen molar-refractivity contribution in [1.82, 2.24) is 20.1 Å². The number of nitrogens with one attached hydrogen (secondary N) is 1. The Morgan fingerprint density at radius 3 is 2.38 bits per heavy atom. The number of amides is 1. The van der Waals surface area contributed by atoms with Gasteiger partial charge in [0.1, 0.15) is 5.82 Å². The number of carbonyl (C=O) groups excluding carboxylic acids is 1. The normalized spacial score (nSPS) is 11.7. The first-order valence-corrected chi connectivity index (χ1v) is 7.10. The average molecular weight is 298 g/mol.